The van der Waals surface area contributed by atoms with Gasteiger partial charge >= 0.3 is 0 Å². The largest absolute Gasteiger partial charge is 0.497 e. The molecular formula is C16H24N2O2. The Balaban J connectivity index is 2.39. The molecule has 1 amide bonds. The minimum atomic E-state index is -0.0695. The van der Waals surface area contributed by atoms with E-state index >= 15 is 0 Å². The summed E-state index contributed by atoms with van der Waals surface area (Å²) in [5.74, 6) is 0.717. The van der Waals surface area contributed by atoms with Crippen molar-refractivity contribution in [3.8, 4) is 5.75 Å². The third-order valence-corrected chi connectivity index (χ3v) is 3.14. The molecule has 4 heteroatoms. The summed E-state index contributed by atoms with van der Waals surface area (Å²) in [6.07, 6.45) is 3.34. The average molecular weight is 276 g/mol. The topological polar surface area (TPSA) is 41.6 Å². The molecule has 1 N–H and O–H groups in total. The van der Waals surface area contributed by atoms with Crippen molar-refractivity contribution >= 4 is 12.0 Å². The van der Waals surface area contributed by atoms with Gasteiger partial charge in [-0.2, -0.15) is 0 Å². The van der Waals surface area contributed by atoms with E-state index in [4.69, 9.17) is 4.74 Å². The van der Waals surface area contributed by atoms with Crippen molar-refractivity contribution in [1.29, 1.82) is 0 Å². The van der Waals surface area contributed by atoms with E-state index in [0.717, 1.165) is 30.9 Å². The van der Waals surface area contributed by atoms with E-state index in [-0.39, 0.29) is 5.91 Å². The van der Waals surface area contributed by atoms with Gasteiger partial charge in [-0.1, -0.05) is 26.0 Å². The third-order valence-electron chi connectivity index (χ3n) is 3.14. The minimum absolute atomic E-state index is 0.0695. The van der Waals surface area contributed by atoms with Crippen molar-refractivity contribution in [3.63, 3.8) is 0 Å². The molecule has 0 spiro atoms. The van der Waals surface area contributed by atoms with Crippen LogP contribution >= 0.6 is 0 Å². The van der Waals surface area contributed by atoms with Crippen LogP contribution in [0.5, 0.6) is 5.75 Å². The Morgan fingerprint density at radius 2 is 2.10 bits per heavy atom. The molecule has 1 rings (SSSR count). The summed E-state index contributed by atoms with van der Waals surface area (Å²) in [5, 5.41) is 2.88. The maximum atomic E-state index is 11.7. The smallest absolute Gasteiger partial charge is 0.244 e. The molecule has 0 aliphatic carbocycles. The number of hydrogen-bond donors (Lipinski definition) is 1. The standard InChI is InChI=1S/C16H24N2O2/c1-4-18(5-2)12-11-17-16(19)10-9-14-7-6-8-15(13-14)20-3/h6-10,13H,4-5,11-12H2,1-3H3,(H,17,19)/b10-9+. The molecule has 0 unspecified atom stereocenters. The van der Waals surface area contributed by atoms with Gasteiger partial charge in [-0.3, -0.25) is 4.79 Å². The molecule has 1 aromatic rings. The Kier molecular flexibility index (Phi) is 7.43. The van der Waals surface area contributed by atoms with E-state index in [2.05, 4.69) is 24.1 Å². The summed E-state index contributed by atoms with van der Waals surface area (Å²) in [6.45, 7) is 7.80. The number of amides is 1. The van der Waals surface area contributed by atoms with Gasteiger partial charge in [0.25, 0.3) is 0 Å². The maximum Gasteiger partial charge on any atom is 0.244 e. The summed E-state index contributed by atoms with van der Waals surface area (Å²) in [5.41, 5.74) is 0.947. The highest BCUT2D eigenvalue weighted by Gasteiger charge is 2.00. The molecule has 0 atom stereocenters. The Morgan fingerprint density at radius 1 is 1.35 bits per heavy atom. The van der Waals surface area contributed by atoms with Crippen LogP contribution < -0.4 is 10.1 Å². The van der Waals surface area contributed by atoms with Crippen molar-refractivity contribution in [1.82, 2.24) is 10.2 Å². The Hall–Kier alpha value is -1.81. The van der Waals surface area contributed by atoms with Crippen LogP contribution in [0.25, 0.3) is 6.08 Å². The van der Waals surface area contributed by atoms with Gasteiger partial charge in [-0.15, -0.1) is 0 Å². The fourth-order valence-electron chi connectivity index (χ4n) is 1.85. The average Bonchev–Trinajstić information content (AvgIpc) is 2.49. The van der Waals surface area contributed by atoms with Crippen LogP contribution in [0.15, 0.2) is 30.3 Å². The van der Waals surface area contributed by atoms with Crippen LogP contribution in [0.2, 0.25) is 0 Å². The summed E-state index contributed by atoms with van der Waals surface area (Å²) in [4.78, 5) is 14.0. The second-order valence-electron chi connectivity index (χ2n) is 4.43. The van der Waals surface area contributed by atoms with Gasteiger partial charge in [-0.25, -0.2) is 0 Å². The van der Waals surface area contributed by atoms with Gasteiger partial charge < -0.3 is 15.0 Å². The van der Waals surface area contributed by atoms with Crippen LogP contribution in [0.3, 0.4) is 0 Å². The molecule has 0 radical (unpaired) electrons. The molecule has 20 heavy (non-hydrogen) atoms. The molecule has 110 valence electrons. The van der Waals surface area contributed by atoms with Crippen LogP contribution in [0.1, 0.15) is 19.4 Å². The lowest BCUT2D eigenvalue weighted by atomic mass is 10.2. The van der Waals surface area contributed by atoms with Crippen molar-refractivity contribution < 1.29 is 9.53 Å². The molecular weight excluding hydrogens is 252 g/mol. The lowest BCUT2D eigenvalue weighted by Gasteiger charge is -2.17. The number of ether oxygens (including phenoxy) is 1. The maximum absolute atomic E-state index is 11.7. The Labute approximate surface area is 121 Å². The van der Waals surface area contributed by atoms with Crippen molar-refractivity contribution in [2.45, 2.75) is 13.8 Å². The van der Waals surface area contributed by atoms with Crippen LogP contribution in [-0.2, 0) is 4.79 Å². The zero-order valence-electron chi connectivity index (χ0n) is 12.6. The summed E-state index contributed by atoms with van der Waals surface area (Å²) >= 11 is 0. The SMILES string of the molecule is CCN(CC)CCNC(=O)/C=C/c1cccc(OC)c1. The Bertz CT molecular complexity index is 440. The van der Waals surface area contributed by atoms with E-state index in [9.17, 15) is 4.79 Å². The van der Waals surface area contributed by atoms with Gasteiger partial charge in [0.2, 0.25) is 5.91 Å². The first kappa shape index (κ1) is 16.2. The van der Waals surface area contributed by atoms with Gasteiger partial charge in [0.15, 0.2) is 0 Å². The first-order valence-electron chi connectivity index (χ1n) is 7.01. The number of carbonyl (C=O) groups excluding carboxylic acids is 1. The molecule has 0 saturated carbocycles. The lowest BCUT2D eigenvalue weighted by Crippen LogP contribution is -2.34. The number of benzene rings is 1. The molecule has 0 aliphatic heterocycles. The fourth-order valence-corrected chi connectivity index (χ4v) is 1.85. The molecule has 0 aromatic heterocycles. The van der Waals surface area contributed by atoms with Crippen LogP contribution in [0, 0.1) is 0 Å². The van der Waals surface area contributed by atoms with Crippen LogP contribution in [0.4, 0.5) is 0 Å². The first-order valence-corrected chi connectivity index (χ1v) is 7.01. The normalized spacial score (nSPS) is 11.0. The van der Waals surface area contributed by atoms with Crippen molar-refractivity contribution in [2.24, 2.45) is 0 Å². The zero-order chi connectivity index (χ0) is 14.8. The number of nitrogens with one attached hydrogen (secondary N) is 1. The van der Waals surface area contributed by atoms with Crippen LogP contribution in [-0.4, -0.2) is 44.1 Å². The predicted octanol–water partition coefficient (Wildman–Crippen LogP) is 2.17. The number of nitrogens with zero attached hydrogens (tertiary/aromatic N) is 1. The lowest BCUT2D eigenvalue weighted by molar-refractivity contribution is -0.116. The summed E-state index contributed by atoms with van der Waals surface area (Å²) in [7, 11) is 1.63. The first-order chi connectivity index (χ1) is 9.69. The predicted molar refractivity (Wildman–Crippen MR) is 82.8 cm³/mol. The van der Waals surface area contributed by atoms with Gasteiger partial charge in [0.1, 0.15) is 5.75 Å². The van der Waals surface area contributed by atoms with E-state index < -0.39 is 0 Å². The molecule has 0 heterocycles. The number of likely N-dealkylation sites (N-methyl/N-ethyl adjacent to an activating group) is 1. The van der Waals surface area contributed by atoms with Gasteiger partial charge in [0, 0.05) is 19.2 Å². The zero-order valence-corrected chi connectivity index (χ0v) is 12.6. The molecule has 4 nitrogen and oxygen atoms in total. The number of hydrogen-bond acceptors (Lipinski definition) is 3. The summed E-state index contributed by atoms with van der Waals surface area (Å²) < 4.78 is 5.14. The minimum Gasteiger partial charge on any atom is -0.497 e. The van der Waals surface area contributed by atoms with Gasteiger partial charge in [0.05, 0.1) is 7.11 Å². The number of rotatable bonds is 8. The van der Waals surface area contributed by atoms with Crippen molar-refractivity contribution in [2.75, 3.05) is 33.3 Å². The number of carbonyl (C=O) groups is 1. The quantitative estimate of drug-likeness (QED) is 0.740. The van der Waals surface area contributed by atoms with Gasteiger partial charge in [-0.05, 0) is 36.9 Å². The van der Waals surface area contributed by atoms with E-state index in [0.29, 0.717) is 6.54 Å². The molecule has 0 saturated heterocycles. The van der Waals surface area contributed by atoms with Crippen molar-refractivity contribution in [3.05, 3.63) is 35.9 Å². The fraction of sp³-hybridized carbons (Fsp3) is 0.438. The second kappa shape index (κ2) is 9.15. The Morgan fingerprint density at radius 3 is 2.75 bits per heavy atom. The molecule has 0 fully saturated rings. The third kappa shape index (κ3) is 5.89. The monoisotopic (exact) mass is 276 g/mol. The highest BCUT2D eigenvalue weighted by Crippen LogP contribution is 2.13. The highest BCUT2D eigenvalue weighted by atomic mass is 16.5. The number of methoxy groups -OCH3 is 1. The highest BCUT2D eigenvalue weighted by molar-refractivity contribution is 5.91. The molecule has 1 aromatic carbocycles. The van der Waals surface area contributed by atoms with E-state index in [1.54, 1.807) is 19.3 Å². The summed E-state index contributed by atoms with van der Waals surface area (Å²) in [6, 6.07) is 7.60. The second-order valence-corrected chi connectivity index (χ2v) is 4.43. The van der Waals surface area contributed by atoms with E-state index in [1.807, 2.05) is 24.3 Å². The van der Waals surface area contributed by atoms with E-state index in [1.165, 1.54) is 0 Å². The molecule has 0 aliphatic rings. The molecule has 0 bridgehead atoms.